The van der Waals surface area contributed by atoms with Crippen molar-refractivity contribution >= 4 is 21.7 Å². The number of rotatable bonds is 5. The molecule has 2 N–H and O–H groups in total. The fourth-order valence-electron chi connectivity index (χ4n) is 3.24. The Morgan fingerprint density at radius 1 is 1.18 bits per heavy atom. The summed E-state index contributed by atoms with van der Waals surface area (Å²) in [5, 5.41) is 6.77. The van der Waals surface area contributed by atoms with Crippen LogP contribution in [0.15, 0.2) is 29.3 Å². The van der Waals surface area contributed by atoms with Crippen molar-refractivity contribution in [3.63, 3.8) is 0 Å². The van der Waals surface area contributed by atoms with Gasteiger partial charge in [-0.3, -0.25) is 0 Å². The third kappa shape index (κ3) is 3.99. The average Bonchev–Trinajstić information content (AvgIpc) is 3.06. The van der Waals surface area contributed by atoms with Gasteiger partial charge in [-0.15, -0.1) is 0 Å². The minimum Gasteiger partial charge on any atom is -0.477 e. The van der Waals surface area contributed by atoms with Crippen LogP contribution < -0.4 is 14.8 Å². The van der Waals surface area contributed by atoms with E-state index >= 15 is 0 Å². The van der Waals surface area contributed by atoms with Gasteiger partial charge in [0, 0.05) is 18.7 Å². The highest BCUT2D eigenvalue weighted by molar-refractivity contribution is 7.90. The lowest BCUT2D eigenvalue weighted by Crippen LogP contribution is -2.35. The zero-order chi connectivity index (χ0) is 20.5. The maximum atomic E-state index is 12.7. The molecule has 2 aromatic rings. The first-order chi connectivity index (χ1) is 13.2. The van der Waals surface area contributed by atoms with Crippen LogP contribution in [0, 0.1) is 0 Å². The monoisotopic (exact) mass is 406 g/mol. The summed E-state index contributed by atoms with van der Waals surface area (Å²) in [6, 6.07) is 5.00. The smallest absolute Gasteiger partial charge is 0.333 e. The highest BCUT2D eigenvalue weighted by Crippen LogP contribution is 2.32. The first kappa shape index (κ1) is 20.2. The standard InChI is InChI=1S/C19H26N4O4S/c1-12(2)14-7-5-8-15(13(3)4)17(14)21-19(24)22-28(25,26)16-11-20-23-9-6-10-27-18(16)23/h5,7-8,11-13H,6,9-10H2,1-4H3,(H2,21,22,24). The van der Waals surface area contributed by atoms with Crippen LogP contribution >= 0.6 is 0 Å². The van der Waals surface area contributed by atoms with Crippen molar-refractivity contribution in [2.45, 2.75) is 57.4 Å². The highest BCUT2D eigenvalue weighted by atomic mass is 32.2. The van der Waals surface area contributed by atoms with Gasteiger partial charge in [0.25, 0.3) is 10.0 Å². The number of aryl methyl sites for hydroxylation is 1. The second kappa shape index (κ2) is 7.83. The van der Waals surface area contributed by atoms with Crippen LogP contribution in [0.25, 0.3) is 0 Å². The van der Waals surface area contributed by atoms with E-state index in [1.807, 2.05) is 45.9 Å². The van der Waals surface area contributed by atoms with E-state index < -0.39 is 16.1 Å². The Kier molecular flexibility index (Phi) is 5.64. The fraction of sp³-hybridized carbons (Fsp3) is 0.474. The van der Waals surface area contributed by atoms with Crippen LogP contribution in [0.2, 0.25) is 0 Å². The summed E-state index contributed by atoms with van der Waals surface area (Å²) >= 11 is 0. The number of fused-ring (bicyclic) bond motifs is 1. The molecule has 1 aliphatic heterocycles. The molecule has 0 unspecified atom stereocenters. The molecule has 9 heteroatoms. The van der Waals surface area contributed by atoms with Crippen LogP contribution in [-0.2, 0) is 16.6 Å². The molecule has 28 heavy (non-hydrogen) atoms. The summed E-state index contributed by atoms with van der Waals surface area (Å²) in [5.41, 5.74) is 2.54. The quantitative estimate of drug-likeness (QED) is 0.792. The van der Waals surface area contributed by atoms with Crippen molar-refractivity contribution in [3.8, 4) is 5.88 Å². The molecule has 0 aliphatic carbocycles. The zero-order valence-corrected chi connectivity index (χ0v) is 17.3. The molecule has 0 atom stereocenters. The van der Waals surface area contributed by atoms with E-state index in [-0.39, 0.29) is 22.6 Å². The number of amides is 2. The maximum Gasteiger partial charge on any atom is 0.333 e. The molecule has 3 rings (SSSR count). The van der Waals surface area contributed by atoms with Crippen molar-refractivity contribution in [2.75, 3.05) is 11.9 Å². The Morgan fingerprint density at radius 2 is 1.82 bits per heavy atom. The van der Waals surface area contributed by atoms with E-state index in [0.717, 1.165) is 17.5 Å². The van der Waals surface area contributed by atoms with E-state index in [2.05, 4.69) is 15.1 Å². The SMILES string of the molecule is CC(C)c1cccc(C(C)C)c1NC(=O)NS(=O)(=O)c1cnn2c1OCCC2. The van der Waals surface area contributed by atoms with Crippen molar-refractivity contribution in [3.05, 3.63) is 35.5 Å². The number of hydrogen-bond donors (Lipinski definition) is 2. The molecule has 2 heterocycles. The highest BCUT2D eigenvalue weighted by Gasteiger charge is 2.28. The molecular weight excluding hydrogens is 380 g/mol. The zero-order valence-electron chi connectivity index (χ0n) is 16.5. The van der Waals surface area contributed by atoms with Gasteiger partial charge in [-0.1, -0.05) is 45.9 Å². The number of ether oxygens (including phenoxy) is 1. The number of sulfonamides is 1. The molecule has 152 valence electrons. The topological polar surface area (TPSA) is 102 Å². The maximum absolute atomic E-state index is 12.7. The number of para-hydroxylation sites is 1. The van der Waals surface area contributed by atoms with Gasteiger partial charge >= 0.3 is 6.03 Å². The molecule has 1 aliphatic rings. The molecule has 0 saturated carbocycles. The summed E-state index contributed by atoms with van der Waals surface area (Å²) in [4.78, 5) is 12.4. The van der Waals surface area contributed by atoms with E-state index in [1.54, 1.807) is 0 Å². The van der Waals surface area contributed by atoms with E-state index in [1.165, 1.54) is 10.9 Å². The second-order valence-corrected chi connectivity index (χ2v) is 9.07. The molecule has 2 amide bonds. The third-order valence-electron chi connectivity index (χ3n) is 4.64. The molecule has 8 nitrogen and oxygen atoms in total. The number of urea groups is 1. The molecule has 0 fully saturated rings. The normalized spacial score (nSPS) is 13.9. The van der Waals surface area contributed by atoms with E-state index in [0.29, 0.717) is 18.8 Å². The van der Waals surface area contributed by atoms with Crippen molar-refractivity contribution < 1.29 is 17.9 Å². The molecule has 0 radical (unpaired) electrons. The third-order valence-corrected chi connectivity index (χ3v) is 5.95. The lowest BCUT2D eigenvalue weighted by Gasteiger charge is -2.20. The summed E-state index contributed by atoms with van der Waals surface area (Å²) < 4.78 is 34.4. The van der Waals surface area contributed by atoms with Gasteiger partial charge < -0.3 is 10.1 Å². The number of benzene rings is 1. The predicted molar refractivity (Wildman–Crippen MR) is 106 cm³/mol. The Labute approximate surface area is 165 Å². The van der Waals surface area contributed by atoms with Crippen molar-refractivity contribution in [1.82, 2.24) is 14.5 Å². The molecule has 0 spiro atoms. The van der Waals surface area contributed by atoms with Gasteiger partial charge in [-0.25, -0.2) is 22.6 Å². The van der Waals surface area contributed by atoms with Crippen LogP contribution in [0.5, 0.6) is 5.88 Å². The van der Waals surface area contributed by atoms with Gasteiger partial charge in [-0.05, 0) is 23.0 Å². The number of carbonyl (C=O) groups excluding carboxylic acids is 1. The van der Waals surface area contributed by atoms with Crippen molar-refractivity contribution in [1.29, 1.82) is 0 Å². The summed E-state index contributed by atoms with van der Waals surface area (Å²) in [7, 11) is -4.11. The molecule has 1 aromatic carbocycles. The number of hydrogen-bond acceptors (Lipinski definition) is 5. The van der Waals surface area contributed by atoms with Crippen LogP contribution in [0.4, 0.5) is 10.5 Å². The fourth-order valence-corrected chi connectivity index (χ4v) is 4.23. The Morgan fingerprint density at radius 3 is 2.43 bits per heavy atom. The summed E-state index contributed by atoms with van der Waals surface area (Å²) in [6.45, 7) is 9.09. The largest absolute Gasteiger partial charge is 0.477 e. The first-order valence-corrected chi connectivity index (χ1v) is 10.8. The van der Waals surface area contributed by atoms with Crippen LogP contribution in [0.1, 0.15) is 57.1 Å². The number of aromatic nitrogens is 2. The first-order valence-electron chi connectivity index (χ1n) is 9.36. The van der Waals surface area contributed by atoms with Gasteiger partial charge in [-0.2, -0.15) is 5.10 Å². The van der Waals surface area contributed by atoms with Crippen LogP contribution in [-0.4, -0.2) is 30.8 Å². The summed E-state index contributed by atoms with van der Waals surface area (Å²) in [6.07, 6.45) is 1.96. The van der Waals surface area contributed by atoms with Gasteiger partial charge in [0.1, 0.15) is 0 Å². The average molecular weight is 407 g/mol. The van der Waals surface area contributed by atoms with E-state index in [4.69, 9.17) is 4.74 Å². The molecule has 0 saturated heterocycles. The number of anilines is 1. The lowest BCUT2D eigenvalue weighted by atomic mass is 9.93. The number of nitrogens with zero attached hydrogens (tertiary/aromatic N) is 2. The molecule has 0 bridgehead atoms. The Balaban J connectivity index is 1.86. The minimum absolute atomic E-state index is 0.136. The molecule has 1 aromatic heterocycles. The van der Waals surface area contributed by atoms with Crippen LogP contribution in [0.3, 0.4) is 0 Å². The lowest BCUT2D eigenvalue weighted by molar-refractivity contribution is 0.224. The molecular formula is C19H26N4O4S. The van der Waals surface area contributed by atoms with E-state index in [9.17, 15) is 13.2 Å². The predicted octanol–water partition coefficient (Wildman–Crippen LogP) is 3.42. The summed E-state index contributed by atoms with van der Waals surface area (Å²) in [5.74, 6) is 0.500. The Bertz CT molecular complexity index is 954. The Hall–Kier alpha value is -2.55. The van der Waals surface area contributed by atoms with Gasteiger partial charge in [0.15, 0.2) is 4.90 Å². The van der Waals surface area contributed by atoms with Crippen molar-refractivity contribution in [2.24, 2.45) is 0 Å². The number of carbonyl (C=O) groups is 1. The number of nitrogens with one attached hydrogen (secondary N) is 2. The second-order valence-electron chi connectivity index (χ2n) is 7.42. The van der Waals surface area contributed by atoms with Gasteiger partial charge in [0.2, 0.25) is 5.88 Å². The minimum atomic E-state index is -4.11. The van der Waals surface area contributed by atoms with Gasteiger partial charge in [0.05, 0.1) is 12.8 Å².